The van der Waals surface area contributed by atoms with Crippen LogP contribution in [0.1, 0.15) is 46.0 Å². The maximum Gasteiger partial charge on any atom is 0.247 e. The van der Waals surface area contributed by atoms with Crippen LogP contribution in [0.4, 0.5) is 0 Å². The molecule has 1 unspecified atom stereocenters. The van der Waals surface area contributed by atoms with E-state index in [1.807, 2.05) is 16.6 Å². The van der Waals surface area contributed by atoms with Crippen LogP contribution in [0.2, 0.25) is 124 Å². The van der Waals surface area contributed by atoms with Gasteiger partial charge < -0.3 is 0 Å². The van der Waals surface area contributed by atoms with Crippen LogP contribution in [0.25, 0.3) is 0 Å². The Bertz CT molecular complexity index is 1010. The molecule has 0 saturated carbocycles. The predicted octanol–water partition coefficient (Wildman–Crippen LogP) is 11.5. The van der Waals surface area contributed by atoms with Crippen molar-refractivity contribution in [1.82, 2.24) is 0 Å². The van der Waals surface area contributed by atoms with Gasteiger partial charge in [-0.1, -0.05) is 165 Å². The lowest BCUT2D eigenvalue weighted by molar-refractivity contribution is 1.09. The van der Waals surface area contributed by atoms with Gasteiger partial charge in [0.15, 0.2) is 0 Å². The Balaban J connectivity index is 3.31. The third kappa shape index (κ3) is 9.35. The predicted molar refractivity (Wildman–Crippen MR) is 216 cm³/mol. The summed E-state index contributed by atoms with van der Waals surface area (Å²) in [7, 11) is -8.93. The van der Waals surface area contributed by atoms with Gasteiger partial charge >= 0.3 is 0 Å². The third-order valence-corrected chi connectivity index (χ3v) is 38.3. The Morgan fingerprint density at radius 1 is 0.585 bits per heavy atom. The van der Waals surface area contributed by atoms with Crippen LogP contribution in [0.5, 0.6) is 0 Å². The molecule has 0 nitrogen and oxygen atoms in total. The fraction of sp³-hybridized carbons (Fsp3) is 0.758. The van der Waals surface area contributed by atoms with Crippen molar-refractivity contribution in [3.8, 4) is 0 Å². The maximum absolute atomic E-state index is 2.89. The molecule has 8 heteroatoms. The SMILES string of the molecule is CC1=CC(C)SB(c2c(C([Si](C)(C)C)[Si](C)(C)C)cc(C([Si](C)(C)C)[Si](C)(C)C)cc2C([Si](C)(C)C)[Si](C)(C)C)C1. The molecule has 0 N–H and O–H groups in total. The van der Waals surface area contributed by atoms with Crippen LogP contribution in [0.3, 0.4) is 0 Å². The zero-order chi connectivity index (χ0) is 32.3. The minimum atomic E-state index is -1.51. The quantitative estimate of drug-likeness (QED) is 0.176. The lowest BCUT2D eigenvalue weighted by Crippen LogP contribution is -2.54. The fourth-order valence-electron chi connectivity index (χ4n) is 9.78. The van der Waals surface area contributed by atoms with Crippen molar-refractivity contribution in [2.24, 2.45) is 0 Å². The first kappa shape index (κ1) is 37.9. The molecule has 2 rings (SSSR count). The highest BCUT2D eigenvalue weighted by atomic mass is 32.2. The lowest BCUT2D eigenvalue weighted by Gasteiger charge is -2.47. The van der Waals surface area contributed by atoms with Gasteiger partial charge in [-0.25, -0.2) is 0 Å². The Labute approximate surface area is 269 Å². The summed E-state index contributed by atoms with van der Waals surface area (Å²) in [5.41, 5.74) is 8.91. The summed E-state index contributed by atoms with van der Waals surface area (Å²) in [6.45, 7) is 53.1. The van der Waals surface area contributed by atoms with Gasteiger partial charge in [0.25, 0.3) is 0 Å². The first-order chi connectivity index (χ1) is 18.0. The molecule has 1 atom stereocenters. The van der Waals surface area contributed by atoms with Crippen LogP contribution in [0, 0.1) is 0 Å². The summed E-state index contributed by atoms with van der Waals surface area (Å²) in [6, 6.07) is 5.79. The molecule has 0 bridgehead atoms. The van der Waals surface area contributed by atoms with Crippen LogP contribution >= 0.6 is 11.6 Å². The van der Waals surface area contributed by atoms with Gasteiger partial charge in [0, 0.05) is 53.7 Å². The molecule has 234 valence electrons. The molecule has 0 spiro atoms. The highest BCUT2D eigenvalue weighted by Gasteiger charge is 2.48. The van der Waals surface area contributed by atoms with Crippen LogP contribution in [0.15, 0.2) is 23.8 Å². The Kier molecular flexibility index (Phi) is 11.5. The molecule has 0 aliphatic carbocycles. The molecule has 0 amide bonds. The summed E-state index contributed by atoms with van der Waals surface area (Å²) in [4.78, 5) is 0. The van der Waals surface area contributed by atoms with Gasteiger partial charge in [-0.2, -0.15) is 11.6 Å². The van der Waals surface area contributed by atoms with Gasteiger partial charge in [0.05, 0.1) is 0 Å². The molecule has 1 heterocycles. The topological polar surface area (TPSA) is 0 Å². The fourth-order valence-corrected chi connectivity index (χ4v) is 49.6. The first-order valence-electron chi connectivity index (χ1n) is 16.5. The van der Waals surface area contributed by atoms with E-state index in [4.69, 9.17) is 0 Å². The van der Waals surface area contributed by atoms with E-state index < -0.39 is 48.4 Å². The highest BCUT2D eigenvalue weighted by molar-refractivity contribution is 8.27. The van der Waals surface area contributed by atoms with E-state index in [-0.39, 0.29) is 0 Å². The summed E-state index contributed by atoms with van der Waals surface area (Å²) in [5.74, 6) is 0.594. The smallest absolute Gasteiger partial charge is 0.196 e. The third-order valence-electron chi connectivity index (χ3n) is 9.15. The van der Waals surface area contributed by atoms with Gasteiger partial charge in [0.1, 0.15) is 0 Å². The van der Waals surface area contributed by atoms with Crippen molar-refractivity contribution >= 4 is 71.5 Å². The van der Waals surface area contributed by atoms with E-state index in [1.165, 1.54) is 6.32 Å². The standard InChI is InChI=1S/C33H69BSSi6/c1-25-21-26(2)35-34(24-25)30-28(32(38(9,10)11)39(12,13)14)22-27(31(36(3,4)5)37(6,7)8)23-29(30)33(40(15,16)17)41(18,19)20/h21-23,26,31-33H,24H2,1-20H3. The van der Waals surface area contributed by atoms with Crippen LogP contribution < -0.4 is 5.46 Å². The summed E-state index contributed by atoms with van der Waals surface area (Å²) >= 11 is 2.28. The van der Waals surface area contributed by atoms with Crippen LogP contribution in [-0.2, 0) is 0 Å². The van der Waals surface area contributed by atoms with Crippen molar-refractivity contribution in [2.75, 3.05) is 0 Å². The summed E-state index contributed by atoms with van der Waals surface area (Å²) in [5, 5.41) is 2.94. The molecule has 1 aliphatic rings. The van der Waals surface area contributed by atoms with E-state index in [9.17, 15) is 0 Å². The lowest BCUT2D eigenvalue weighted by atomic mass is 9.59. The van der Waals surface area contributed by atoms with Crippen molar-refractivity contribution in [1.29, 1.82) is 0 Å². The molecule has 0 aromatic heterocycles. The zero-order valence-corrected chi connectivity index (χ0v) is 38.1. The number of allylic oxidation sites excluding steroid dienone is 1. The van der Waals surface area contributed by atoms with E-state index in [0.29, 0.717) is 11.2 Å². The molecule has 0 radical (unpaired) electrons. The van der Waals surface area contributed by atoms with Gasteiger partial charge in [0.2, 0.25) is 5.99 Å². The molecular formula is C33H69BSSi6. The second kappa shape index (κ2) is 12.5. The van der Waals surface area contributed by atoms with Crippen molar-refractivity contribution < 1.29 is 0 Å². The van der Waals surface area contributed by atoms with Crippen molar-refractivity contribution in [3.63, 3.8) is 0 Å². The first-order valence-corrected chi connectivity index (χ1v) is 38.9. The average molecular weight is 677 g/mol. The Morgan fingerprint density at radius 2 is 0.902 bits per heavy atom. The van der Waals surface area contributed by atoms with E-state index in [0.717, 1.165) is 15.5 Å². The van der Waals surface area contributed by atoms with Gasteiger partial charge in [-0.15, -0.1) is 0 Å². The second-order valence-corrected chi connectivity index (χ2v) is 55.3. The number of benzene rings is 1. The molecular weight excluding hydrogens is 608 g/mol. The van der Waals surface area contributed by atoms with Gasteiger partial charge in [-0.3, -0.25) is 0 Å². The number of hydrogen-bond donors (Lipinski definition) is 0. The molecule has 41 heavy (non-hydrogen) atoms. The Hall–Kier alpha value is 0.676. The zero-order valence-electron chi connectivity index (χ0n) is 31.2. The molecule has 0 fully saturated rings. The minimum Gasteiger partial charge on any atom is -0.196 e. The summed E-state index contributed by atoms with van der Waals surface area (Å²) < 4.78 is 0. The van der Waals surface area contributed by atoms with E-state index >= 15 is 0 Å². The van der Waals surface area contributed by atoms with Gasteiger partial charge in [-0.05, 0) is 34.3 Å². The molecule has 1 aliphatic heterocycles. The molecule has 1 aromatic rings. The second-order valence-electron chi connectivity index (χ2n) is 20.2. The highest BCUT2D eigenvalue weighted by Crippen LogP contribution is 2.45. The monoisotopic (exact) mass is 676 g/mol. The molecule has 1 aromatic carbocycles. The van der Waals surface area contributed by atoms with E-state index in [2.05, 4.69) is 162 Å². The van der Waals surface area contributed by atoms with E-state index in [1.54, 1.807) is 11.1 Å². The van der Waals surface area contributed by atoms with Crippen molar-refractivity contribution in [2.45, 2.75) is 159 Å². The average Bonchev–Trinajstić information content (AvgIpc) is 2.59. The Morgan fingerprint density at radius 3 is 1.17 bits per heavy atom. The normalized spacial score (nSPS) is 18.6. The van der Waals surface area contributed by atoms with Crippen molar-refractivity contribution in [3.05, 3.63) is 40.5 Å². The number of rotatable bonds is 10. The number of hydrogen-bond acceptors (Lipinski definition) is 1. The maximum atomic E-state index is 2.89. The molecule has 0 saturated heterocycles. The largest absolute Gasteiger partial charge is 0.247 e. The summed E-state index contributed by atoms with van der Waals surface area (Å²) in [6.07, 6.45) is 3.78. The van der Waals surface area contributed by atoms with Crippen LogP contribution in [-0.4, -0.2) is 59.7 Å². The minimum absolute atomic E-state index is 0.594.